The predicted molar refractivity (Wildman–Crippen MR) is 77.8 cm³/mol. The largest absolute Gasteiger partial charge is 0.355 e. The molecule has 0 saturated heterocycles. The van der Waals surface area contributed by atoms with Gasteiger partial charge in [0.15, 0.2) is 0 Å². The molecule has 0 atom stereocenters. The van der Waals surface area contributed by atoms with Gasteiger partial charge in [0.2, 0.25) is 5.91 Å². The molecule has 3 amide bonds. The Bertz CT molecular complexity index is 510. The van der Waals surface area contributed by atoms with Gasteiger partial charge in [0, 0.05) is 6.54 Å². The monoisotopic (exact) mass is 292 g/mol. The molecule has 1 aliphatic rings. The van der Waals surface area contributed by atoms with E-state index in [1.807, 2.05) is 6.26 Å². The fourth-order valence-electron chi connectivity index (χ4n) is 2.03. The average molecular weight is 292 g/mol. The number of benzene rings is 1. The van der Waals surface area contributed by atoms with Crippen LogP contribution in [0.5, 0.6) is 0 Å². The maximum atomic E-state index is 12.0. The Hall–Kier alpha value is -1.82. The van der Waals surface area contributed by atoms with Gasteiger partial charge >= 0.3 is 0 Å². The van der Waals surface area contributed by atoms with Gasteiger partial charge in [0.1, 0.15) is 6.54 Å². The van der Waals surface area contributed by atoms with E-state index in [1.165, 1.54) is 0 Å². The van der Waals surface area contributed by atoms with Crippen LogP contribution in [0.4, 0.5) is 0 Å². The molecule has 106 valence electrons. The highest BCUT2D eigenvalue weighted by molar-refractivity contribution is 7.98. The van der Waals surface area contributed by atoms with Crippen molar-refractivity contribution in [1.82, 2.24) is 10.2 Å². The van der Waals surface area contributed by atoms with Crippen LogP contribution in [0.1, 0.15) is 27.1 Å². The highest BCUT2D eigenvalue weighted by Gasteiger charge is 2.35. The van der Waals surface area contributed by atoms with Crippen LogP contribution in [0, 0.1) is 0 Å². The van der Waals surface area contributed by atoms with Crippen molar-refractivity contribution < 1.29 is 14.4 Å². The zero-order valence-corrected chi connectivity index (χ0v) is 12.0. The number of fused-ring (bicyclic) bond motifs is 1. The molecule has 0 fully saturated rings. The third kappa shape index (κ3) is 3.01. The molecule has 1 aromatic rings. The first kappa shape index (κ1) is 14.6. The minimum absolute atomic E-state index is 0.217. The topological polar surface area (TPSA) is 66.5 Å². The summed E-state index contributed by atoms with van der Waals surface area (Å²) in [5.74, 6) is -0.136. The van der Waals surface area contributed by atoms with Gasteiger partial charge in [-0.1, -0.05) is 12.1 Å². The minimum Gasteiger partial charge on any atom is -0.355 e. The van der Waals surface area contributed by atoms with Crippen LogP contribution in [0.2, 0.25) is 0 Å². The van der Waals surface area contributed by atoms with Crippen molar-refractivity contribution in [3.63, 3.8) is 0 Å². The Morgan fingerprint density at radius 2 is 1.80 bits per heavy atom. The second-order valence-corrected chi connectivity index (χ2v) is 5.42. The lowest BCUT2D eigenvalue weighted by Gasteiger charge is -2.13. The molecule has 0 radical (unpaired) electrons. The Balaban J connectivity index is 1.93. The van der Waals surface area contributed by atoms with Gasteiger partial charge in [-0.3, -0.25) is 19.3 Å². The van der Waals surface area contributed by atoms with Crippen molar-refractivity contribution in [2.75, 3.05) is 25.1 Å². The summed E-state index contributed by atoms with van der Waals surface area (Å²) in [6.07, 6.45) is 2.87. The molecule has 1 aromatic carbocycles. The number of carbonyl (C=O) groups is 3. The molecule has 6 heteroatoms. The number of thioether (sulfide) groups is 1. The van der Waals surface area contributed by atoms with Gasteiger partial charge in [-0.2, -0.15) is 11.8 Å². The van der Waals surface area contributed by atoms with Gasteiger partial charge < -0.3 is 5.32 Å². The van der Waals surface area contributed by atoms with Gasteiger partial charge in [-0.25, -0.2) is 0 Å². The molecule has 0 bridgehead atoms. The Morgan fingerprint density at radius 3 is 2.35 bits per heavy atom. The van der Waals surface area contributed by atoms with Crippen molar-refractivity contribution in [2.24, 2.45) is 0 Å². The molecule has 2 rings (SSSR count). The highest BCUT2D eigenvalue weighted by atomic mass is 32.2. The minimum atomic E-state index is -0.398. The van der Waals surface area contributed by atoms with Crippen molar-refractivity contribution >= 4 is 29.5 Å². The van der Waals surface area contributed by atoms with Crippen LogP contribution in [0.3, 0.4) is 0 Å². The van der Waals surface area contributed by atoms with Gasteiger partial charge in [0.25, 0.3) is 11.8 Å². The number of carbonyl (C=O) groups excluding carboxylic acids is 3. The van der Waals surface area contributed by atoms with Crippen molar-refractivity contribution in [1.29, 1.82) is 0 Å². The maximum Gasteiger partial charge on any atom is 0.262 e. The number of nitrogens with one attached hydrogen (secondary N) is 1. The fourth-order valence-corrected chi connectivity index (χ4v) is 2.46. The number of imide groups is 1. The summed E-state index contributed by atoms with van der Waals surface area (Å²) < 4.78 is 0. The molecule has 0 unspecified atom stereocenters. The van der Waals surface area contributed by atoms with E-state index in [9.17, 15) is 14.4 Å². The summed E-state index contributed by atoms with van der Waals surface area (Å²) in [4.78, 5) is 36.8. The SMILES string of the molecule is CSCCCNC(=O)CN1C(=O)c2ccccc2C1=O. The average Bonchev–Trinajstić information content (AvgIpc) is 2.69. The summed E-state index contributed by atoms with van der Waals surface area (Å²) in [6.45, 7) is 0.342. The van der Waals surface area contributed by atoms with Crippen LogP contribution in [0.25, 0.3) is 0 Å². The summed E-state index contributed by atoms with van der Waals surface area (Å²) in [7, 11) is 0. The zero-order chi connectivity index (χ0) is 14.5. The van der Waals surface area contributed by atoms with E-state index >= 15 is 0 Å². The summed E-state index contributed by atoms with van der Waals surface area (Å²) in [5.41, 5.74) is 0.736. The van der Waals surface area contributed by atoms with Gasteiger partial charge in [-0.15, -0.1) is 0 Å². The summed E-state index contributed by atoms with van der Waals surface area (Å²) >= 11 is 1.71. The van der Waals surface area contributed by atoms with Crippen LogP contribution >= 0.6 is 11.8 Å². The van der Waals surface area contributed by atoms with Gasteiger partial charge in [0.05, 0.1) is 11.1 Å². The first-order valence-corrected chi connectivity index (χ1v) is 7.75. The number of hydrogen-bond donors (Lipinski definition) is 1. The molecule has 0 aromatic heterocycles. The Labute approximate surface area is 121 Å². The van der Waals surface area contributed by atoms with E-state index < -0.39 is 11.8 Å². The maximum absolute atomic E-state index is 12.0. The summed E-state index contributed by atoms with van der Waals surface area (Å²) in [5, 5.41) is 2.71. The van der Waals surface area contributed by atoms with E-state index in [0.29, 0.717) is 17.7 Å². The number of hydrogen-bond acceptors (Lipinski definition) is 4. The van der Waals surface area contributed by atoms with E-state index in [2.05, 4.69) is 5.32 Å². The molecule has 1 N–H and O–H groups in total. The molecule has 0 saturated carbocycles. The molecular formula is C14H16N2O3S. The number of amides is 3. The number of nitrogens with zero attached hydrogens (tertiary/aromatic N) is 1. The lowest BCUT2D eigenvalue weighted by Crippen LogP contribution is -2.40. The first-order valence-electron chi connectivity index (χ1n) is 6.36. The quantitative estimate of drug-likeness (QED) is 0.631. The molecule has 1 aliphatic heterocycles. The van der Waals surface area contributed by atoms with E-state index in [0.717, 1.165) is 17.1 Å². The third-order valence-corrected chi connectivity index (χ3v) is 3.72. The van der Waals surface area contributed by atoms with Crippen LogP contribution < -0.4 is 5.32 Å². The normalized spacial score (nSPS) is 13.6. The molecule has 20 heavy (non-hydrogen) atoms. The lowest BCUT2D eigenvalue weighted by molar-refractivity contribution is -0.121. The fraction of sp³-hybridized carbons (Fsp3) is 0.357. The van der Waals surface area contributed by atoms with E-state index in [-0.39, 0.29) is 12.5 Å². The van der Waals surface area contributed by atoms with E-state index in [4.69, 9.17) is 0 Å². The van der Waals surface area contributed by atoms with Crippen LogP contribution in [-0.2, 0) is 4.79 Å². The second kappa shape index (κ2) is 6.56. The highest BCUT2D eigenvalue weighted by Crippen LogP contribution is 2.21. The Kier molecular flexibility index (Phi) is 4.79. The third-order valence-electron chi connectivity index (χ3n) is 3.03. The van der Waals surface area contributed by atoms with Gasteiger partial charge in [-0.05, 0) is 30.6 Å². The molecule has 1 heterocycles. The zero-order valence-electron chi connectivity index (χ0n) is 11.2. The molecule has 0 aliphatic carbocycles. The molecule has 0 spiro atoms. The summed E-state index contributed by atoms with van der Waals surface area (Å²) in [6, 6.07) is 6.61. The van der Waals surface area contributed by atoms with Crippen LogP contribution in [-0.4, -0.2) is 47.7 Å². The molecule has 5 nitrogen and oxygen atoms in total. The van der Waals surface area contributed by atoms with Crippen LogP contribution in [0.15, 0.2) is 24.3 Å². The first-order chi connectivity index (χ1) is 9.65. The Morgan fingerprint density at radius 1 is 1.20 bits per heavy atom. The van der Waals surface area contributed by atoms with E-state index in [1.54, 1.807) is 36.0 Å². The van der Waals surface area contributed by atoms with Crippen molar-refractivity contribution in [3.05, 3.63) is 35.4 Å². The molecular weight excluding hydrogens is 276 g/mol. The smallest absolute Gasteiger partial charge is 0.262 e. The lowest BCUT2D eigenvalue weighted by atomic mass is 10.1. The standard InChI is InChI=1S/C14H16N2O3S/c1-20-8-4-7-15-12(17)9-16-13(18)10-5-2-3-6-11(10)14(16)19/h2-3,5-6H,4,7-9H2,1H3,(H,15,17). The van der Waals surface area contributed by atoms with Crippen molar-refractivity contribution in [2.45, 2.75) is 6.42 Å². The van der Waals surface area contributed by atoms with Crippen molar-refractivity contribution in [3.8, 4) is 0 Å². The second-order valence-electron chi connectivity index (χ2n) is 4.44. The predicted octanol–water partition coefficient (Wildman–Crippen LogP) is 1.15. The number of rotatable bonds is 6.